The van der Waals surface area contributed by atoms with Crippen LogP contribution in [0.3, 0.4) is 0 Å². The Morgan fingerprint density at radius 1 is 0.975 bits per heavy atom. The van der Waals surface area contributed by atoms with Crippen molar-refractivity contribution in [3.05, 3.63) is 52.8 Å². The third-order valence-corrected chi connectivity index (χ3v) is 10.4. The van der Waals surface area contributed by atoms with Gasteiger partial charge in [-0.1, -0.05) is 11.3 Å². The third kappa shape index (κ3) is 6.44. The highest BCUT2D eigenvalue weighted by molar-refractivity contribution is 7.90. The monoisotopic (exact) mass is 610 g/mol. The Kier molecular flexibility index (Phi) is 9.09. The van der Waals surface area contributed by atoms with Gasteiger partial charge in [-0.15, -0.1) is 0 Å². The Morgan fingerprint density at radius 3 is 2.23 bits per heavy atom. The van der Waals surface area contributed by atoms with Gasteiger partial charge in [-0.05, 0) is 49.4 Å². The summed E-state index contributed by atoms with van der Waals surface area (Å²) in [5, 5.41) is 0. The zero-order chi connectivity index (χ0) is 29.1. The van der Waals surface area contributed by atoms with E-state index in [-0.39, 0.29) is 48.1 Å². The lowest BCUT2D eigenvalue weighted by Crippen LogP contribution is -2.50. The van der Waals surface area contributed by atoms with Crippen LogP contribution in [0.1, 0.15) is 17.3 Å². The molecule has 1 saturated heterocycles. The Bertz CT molecular complexity index is 1690. The van der Waals surface area contributed by atoms with Gasteiger partial charge in [-0.3, -0.25) is 4.79 Å². The van der Waals surface area contributed by atoms with E-state index in [2.05, 4.69) is 4.99 Å². The van der Waals surface area contributed by atoms with Crippen molar-refractivity contribution in [1.82, 2.24) is 13.8 Å². The molecule has 40 heavy (non-hydrogen) atoms. The predicted octanol–water partition coefficient (Wildman–Crippen LogP) is 1.96. The number of benzene rings is 2. The number of amides is 2. The molecule has 0 spiro atoms. The van der Waals surface area contributed by atoms with Crippen LogP contribution in [0.4, 0.5) is 4.79 Å². The number of carbonyl (C=O) groups excluding carboxylic acids is 2. The molecule has 2 amide bonds. The van der Waals surface area contributed by atoms with E-state index in [0.29, 0.717) is 28.2 Å². The molecule has 12 nitrogen and oxygen atoms in total. The molecule has 1 aromatic heterocycles. The number of hydrogen-bond donors (Lipinski definition) is 0. The minimum atomic E-state index is -3.83. The number of aromatic nitrogens is 1. The molecule has 4 rings (SSSR count). The van der Waals surface area contributed by atoms with Crippen LogP contribution in [-0.2, 0) is 35.9 Å². The molecule has 2 aromatic carbocycles. The molecule has 0 radical (unpaired) electrons. The summed E-state index contributed by atoms with van der Waals surface area (Å²) < 4.78 is 64.1. The van der Waals surface area contributed by atoms with Crippen molar-refractivity contribution >= 4 is 53.4 Å². The summed E-state index contributed by atoms with van der Waals surface area (Å²) in [6, 6.07) is 10.3. The molecule has 0 aliphatic carbocycles. The molecular weight excluding hydrogens is 580 g/mol. The SMILES string of the molecule is CCOC(=O)N1CCN(S(=O)(=O)c2ccc(C(=O)N=c3sc4cc(S(C)(=O)=O)ccc4n3CCOC)cc2)CC1. The number of ether oxygens (including phenoxy) is 2. The first-order valence-electron chi connectivity index (χ1n) is 12.4. The molecule has 0 atom stereocenters. The van der Waals surface area contributed by atoms with Crippen molar-refractivity contribution in [3.63, 3.8) is 0 Å². The van der Waals surface area contributed by atoms with Crippen molar-refractivity contribution in [2.75, 3.05) is 52.8 Å². The van der Waals surface area contributed by atoms with Gasteiger partial charge in [0.15, 0.2) is 14.6 Å². The highest BCUT2D eigenvalue weighted by atomic mass is 32.2. The number of methoxy groups -OCH3 is 1. The number of sulfone groups is 1. The molecule has 1 fully saturated rings. The van der Waals surface area contributed by atoms with Crippen LogP contribution in [0.2, 0.25) is 0 Å². The van der Waals surface area contributed by atoms with Gasteiger partial charge in [-0.2, -0.15) is 9.30 Å². The largest absolute Gasteiger partial charge is 0.450 e. The standard InChI is InChI=1S/C25H30N4O8S3/c1-4-37-25(31)27-11-13-28(14-12-27)40(34,35)19-7-5-18(6-8-19)23(30)26-24-29(15-16-36-2)21-10-9-20(39(3,32)33)17-22(21)38-24/h5-10,17H,4,11-16H2,1-3H3. The molecule has 1 aliphatic heterocycles. The predicted molar refractivity (Wildman–Crippen MR) is 148 cm³/mol. The number of piperazine rings is 1. The number of sulfonamides is 1. The van der Waals surface area contributed by atoms with Gasteiger partial charge in [0, 0.05) is 51.7 Å². The van der Waals surface area contributed by atoms with Crippen molar-refractivity contribution < 1.29 is 35.9 Å². The van der Waals surface area contributed by atoms with Crippen LogP contribution < -0.4 is 4.80 Å². The van der Waals surface area contributed by atoms with E-state index in [1.165, 1.54) is 50.9 Å². The van der Waals surface area contributed by atoms with Crippen LogP contribution in [0.5, 0.6) is 0 Å². The fourth-order valence-electron chi connectivity index (χ4n) is 4.16. The lowest BCUT2D eigenvalue weighted by atomic mass is 10.2. The Balaban J connectivity index is 1.57. The van der Waals surface area contributed by atoms with E-state index in [1.807, 2.05) is 0 Å². The molecule has 1 aliphatic rings. The number of carbonyl (C=O) groups is 2. The maximum atomic E-state index is 13.1. The van der Waals surface area contributed by atoms with Crippen molar-refractivity contribution in [3.8, 4) is 0 Å². The molecule has 216 valence electrons. The normalized spacial score (nSPS) is 15.5. The number of hydrogen-bond acceptors (Lipinski definition) is 9. The molecule has 2 heterocycles. The van der Waals surface area contributed by atoms with E-state index in [9.17, 15) is 26.4 Å². The zero-order valence-electron chi connectivity index (χ0n) is 22.3. The maximum absolute atomic E-state index is 13.1. The van der Waals surface area contributed by atoms with E-state index in [4.69, 9.17) is 9.47 Å². The number of rotatable bonds is 8. The molecule has 0 unspecified atom stereocenters. The van der Waals surface area contributed by atoms with Gasteiger partial charge in [0.25, 0.3) is 5.91 Å². The Morgan fingerprint density at radius 2 is 1.62 bits per heavy atom. The van der Waals surface area contributed by atoms with Crippen LogP contribution in [0.25, 0.3) is 10.2 Å². The number of thiazole rings is 1. The third-order valence-electron chi connectivity index (χ3n) is 6.30. The lowest BCUT2D eigenvalue weighted by molar-refractivity contribution is 0.0933. The molecule has 0 saturated carbocycles. The zero-order valence-corrected chi connectivity index (χ0v) is 24.7. The van der Waals surface area contributed by atoms with Gasteiger partial charge in [-0.25, -0.2) is 21.6 Å². The smallest absolute Gasteiger partial charge is 0.409 e. The van der Waals surface area contributed by atoms with Crippen LogP contribution in [0.15, 0.2) is 57.2 Å². The van der Waals surface area contributed by atoms with Gasteiger partial charge >= 0.3 is 6.09 Å². The van der Waals surface area contributed by atoms with E-state index in [0.717, 1.165) is 6.26 Å². The number of nitrogens with zero attached hydrogens (tertiary/aromatic N) is 4. The maximum Gasteiger partial charge on any atom is 0.409 e. The average molecular weight is 611 g/mol. The van der Waals surface area contributed by atoms with Gasteiger partial charge in [0.2, 0.25) is 10.0 Å². The first-order valence-corrected chi connectivity index (χ1v) is 16.5. The minimum absolute atomic E-state index is 0.0268. The first-order chi connectivity index (χ1) is 19.0. The van der Waals surface area contributed by atoms with E-state index in [1.54, 1.807) is 30.7 Å². The Labute approximate surface area is 236 Å². The van der Waals surface area contributed by atoms with Crippen LogP contribution in [0, 0.1) is 0 Å². The summed E-state index contributed by atoms with van der Waals surface area (Å²) >= 11 is 1.17. The second kappa shape index (κ2) is 12.2. The first kappa shape index (κ1) is 29.9. The molecular formula is C25H30N4O8S3. The molecule has 15 heteroatoms. The Hall–Kier alpha value is -3.11. The van der Waals surface area contributed by atoms with Gasteiger partial charge < -0.3 is 18.9 Å². The summed E-state index contributed by atoms with van der Waals surface area (Å²) in [5.74, 6) is -0.576. The fraction of sp³-hybridized carbons (Fsp3) is 0.400. The highest BCUT2D eigenvalue weighted by Gasteiger charge is 2.30. The topological polar surface area (TPSA) is 145 Å². The lowest BCUT2D eigenvalue weighted by Gasteiger charge is -2.33. The van der Waals surface area contributed by atoms with Crippen molar-refractivity contribution in [2.45, 2.75) is 23.3 Å². The second-order valence-corrected chi connectivity index (χ2v) is 13.9. The minimum Gasteiger partial charge on any atom is -0.450 e. The summed E-state index contributed by atoms with van der Waals surface area (Å²) in [5.41, 5.74) is 0.907. The fourth-order valence-corrected chi connectivity index (χ4v) is 7.40. The number of fused-ring (bicyclic) bond motifs is 1. The van der Waals surface area contributed by atoms with Crippen molar-refractivity contribution in [2.24, 2.45) is 4.99 Å². The summed E-state index contributed by atoms with van der Waals surface area (Å²) in [4.78, 5) is 31.2. The van der Waals surface area contributed by atoms with Gasteiger partial charge in [0.05, 0.1) is 33.2 Å². The quantitative estimate of drug-likeness (QED) is 0.377. The van der Waals surface area contributed by atoms with Crippen LogP contribution in [-0.4, -0.2) is 95.4 Å². The molecule has 3 aromatic rings. The summed E-state index contributed by atoms with van der Waals surface area (Å²) in [7, 11) is -5.69. The van der Waals surface area contributed by atoms with E-state index < -0.39 is 31.9 Å². The molecule has 0 N–H and O–H groups in total. The average Bonchev–Trinajstić information content (AvgIpc) is 3.27. The highest BCUT2D eigenvalue weighted by Crippen LogP contribution is 2.23. The van der Waals surface area contributed by atoms with E-state index >= 15 is 0 Å². The second-order valence-electron chi connectivity index (χ2n) is 8.96. The summed E-state index contributed by atoms with van der Waals surface area (Å²) in [6.45, 7) is 3.39. The van der Waals surface area contributed by atoms with Crippen molar-refractivity contribution in [1.29, 1.82) is 0 Å². The summed E-state index contributed by atoms with van der Waals surface area (Å²) in [6.07, 6.45) is 0.659. The van der Waals surface area contributed by atoms with Gasteiger partial charge in [0.1, 0.15) is 0 Å². The van der Waals surface area contributed by atoms with Crippen LogP contribution >= 0.6 is 11.3 Å². The molecule has 0 bridgehead atoms.